The molecule has 0 aliphatic heterocycles. The van der Waals surface area contributed by atoms with E-state index in [1.807, 2.05) is 0 Å². The lowest BCUT2D eigenvalue weighted by Gasteiger charge is -2.13. The maximum absolute atomic E-state index is 12.2. The van der Waals surface area contributed by atoms with Gasteiger partial charge in [0.25, 0.3) is 5.56 Å². The Hall–Kier alpha value is -1.14. The molecule has 0 saturated carbocycles. The molecule has 0 fully saturated rings. The van der Waals surface area contributed by atoms with Crippen LogP contribution in [0.5, 0.6) is 0 Å². The molecule has 6 heteroatoms. The molecule has 0 amide bonds. The predicted octanol–water partition coefficient (Wildman–Crippen LogP) is 0.928. The summed E-state index contributed by atoms with van der Waals surface area (Å²) in [6.45, 7) is 0.267. The number of nitrogens with zero attached hydrogens (tertiary/aromatic N) is 2. The van der Waals surface area contributed by atoms with E-state index < -0.39 is 0 Å². The van der Waals surface area contributed by atoms with Gasteiger partial charge in [-0.2, -0.15) is 25.3 Å². The van der Waals surface area contributed by atoms with Crippen LogP contribution in [0, 0.1) is 0 Å². The van der Waals surface area contributed by atoms with Crippen LogP contribution >= 0.6 is 25.3 Å². The van der Waals surface area contributed by atoms with Gasteiger partial charge in [-0.25, -0.2) is 4.79 Å². The van der Waals surface area contributed by atoms with E-state index >= 15 is 0 Å². The molecule has 1 atom stereocenters. The smallest absolute Gasteiger partial charge is 0.296 e. The van der Waals surface area contributed by atoms with E-state index in [1.165, 1.54) is 9.13 Å². The lowest BCUT2D eigenvalue weighted by molar-refractivity contribution is 0.607. The third kappa shape index (κ3) is 2.22. The molecule has 4 nitrogen and oxygen atoms in total. The van der Waals surface area contributed by atoms with E-state index in [1.54, 1.807) is 31.3 Å². The maximum Gasteiger partial charge on any atom is 0.331 e. The van der Waals surface area contributed by atoms with Gasteiger partial charge in [-0.05, 0) is 12.1 Å². The summed E-state index contributed by atoms with van der Waals surface area (Å²) in [5.74, 6) is 0.505. The highest BCUT2D eigenvalue weighted by molar-refractivity contribution is 7.84. The molecule has 2 aromatic rings. The second-order valence-electron chi connectivity index (χ2n) is 4.11. The van der Waals surface area contributed by atoms with E-state index in [2.05, 4.69) is 25.3 Å². The Bertz CT molecular complexity index is 691. The first kappa shape index (κ1) is 13.3. The Morgan fingerprint density at radius 2 is 1.94 bits per heavy atom. The maximum atomic E-state index is 12.2. The van der Waals surface area contributed by atoms with Gasteiger partial charge in [0, 0.05) is 24.6 Å². The minimum Gasteiger partial charge on any atom is -0.296 e. The Morgan fingerprint density at radius 1 is 1.28 bits per heavy atom. The van der Waals surface area contributed by atoms with Crippen LogP contribution in [0.3, 0.4) is 0 Å². The normalized spacial score (nSPS) is 12.8. The quantitative estimate of drug-likeness (QED) is 0.823. The Labute approximate surface area is 115 Å². The van der Waals surface area contributed by atoms with Crippen LogP contribution in [-0.4, -0.2) is 20.1 Å². The minimum atomic E-state index is -0.320. The van der Waals surface area contributed by atoms with Crippen LogP contribution < -0.4 is 11.2 Å². The SMILES string of the molecule is Cn1c(=O)n(C[C@@H](S)CS)c(=O)c2ccccc21. The van der Waals surface area contributed by atoms with Crippen molar-refractivity contribution < 1.29 is 0 Å². The van der Waals surface area contributed by atoms with Gasteiger partial charge in [0.15, 0.2) is 0 Å². The van der Waals surface area contributed by atoms with Crippen molar-refractivity contribution in [3.05, 3.63) is 45.1 Å². The number of aromatic nitrogens is 2. The van der Waals surface area contributed by atoms with Crippen LogP contribution in [-0.2, 0) is 13.6 Å². The van der Waals surface area contributed by atoms with Crippen LogP contribution in [0.15, 0.2) is 33.9 Å². The molecule has 1 heterocycles. The van der Waals surface area contributed by atoms with E-state index in [0.29, 0.717) is 16.7 Å². The molecular weight excluding hydrogens is 268 g/mol. The lowest BCUT2D eigenvalue weighted by Crippen LogP contribution is -2.41. The highest BCUT2D eigenvalue weighted by Crippen LogP contribution is 2.06. The number of para-hydroxylation sites is 1. The zero-order valence-electron chi connectivity index (χ0n) is 9.91. The van der Waals surface area contributed by atoms with Crippen molar-refractivity contribution in [1.82, 2.24) is 9.13 Å². The van der Waals surface area contributed by atoms with E-state index in [0.717, 1.165) is 0 Å². The van der Waals surface area contributed by atoms with E-state index in [9.17, 15) is 9.59 Å². The Morgan fingerprint density at radius 3 is 2.61 bits per heavy atom. The number of rotatable bonds is 3. The fourth-order valence-electron chi connectivity index (χ4n) is 1.89. The number of aryl methyl sites for hydroxylation is 1. The van der Waals surface area contributed by atoms with Gasteiger partial charge >= 0.3 is 5.69 Å². The summed E-state index contributed by atoms with van der Waals surface area (Å²) in [7, 11) is 1.66. The molecule has 2 rings (SSSR count). The average Bonchev–Trinajstić information content (AvgIpc) is 2.40. The number of hydrogen-bond acceptors (Lipinski definition) is 4. The molecule has 0 aliphatic rings. The number of thiol groups is 2. The van der Waals surface area contributed by atoms with Crippen LogP contribution in [0.1, 0.15) is 0 Å². The Kier molecular flexibility index (Phi) is 3.87. The molecule has 18 heavy (non-hydrogen) atoms. The van der Waals surface area contributed by atoms with Gasteiger partial charge < -0.3 is 0 Å². The number of hydrogen-bond donors (Lipinski definition) is 2. The van der Waals surface area contributed by atoms with Crippen molar-refractivity contribution in [3.8, 4) is 0 Å². The van der Waals surface area contributed by atoms with Gasteiger partial charge in [-0.15, -0.1) is 0 Å². The van der Waals surface area contributed by atoms with Gasteiger partial charge in [-0.3, -0.25) is 13.9 Å². The molecule has 96 valence electrons. The molecule has 0 bridgehead atoms. The van der Waals surface area contributed by atoms with Crippen LogP contribution in [0.2, 0.25) is 0 Å². The van der Waals surface area contributed by atoms with Crippen LogP contribution in [0.25, 0.3) is 10.9 Å². The average molecular weight is 282 g/mol. The van der Waals surface area contributed by atoms with E-state index in [4.69, 9.17) is 0 Å². The molecule has 1 aromatic heterocycles. The molecule has 0 unspecified atom stereocenters. The second-order valence-corrected chi connectivity index (χ2v) is 5.21. The minimum absolute atomic E-state index is 0.125. The van der Waals surface area contributed by atoms with Gasteiger partial charge in [0.2, 0.25) is 0 Å². The molecule has 0 saturated heterocycles. The second kappa shape index (κ2) is 5.24. The fraction of sp³-hybridized carbons (Fsp3) is 0.333. The molecule has 0 spiro atoms. The predicted molar refractivity (Wildman–Crippen MR) is 80.1 cm³/mol. The molecular formula is C12H14N2O2S2. The summed E-state index contributed by atoms with van der Waals surface area (Å²) >= 11 is 8.39. The van der Waals surface area contributed by atoms with Crippen molar-refractivity contribution in [2.45, 2.75) is 11.8 Å². The molecule has 0 radical (unpaired) electrons. The van der Waals surface area contributed by atoms with E-state index in [-0.39, 0.29) is 23.0 Å². The number of fused-ring (bicyclic) bond motifs is 1. The first-order valence-electron chi connectivity index (χ1n) is 5.53. The summed E-state index contributed by atoms with van der Waals surface area (Å²) in [6, 6.07) is 7.08. The van der Waals surface area contributed by atoms with Gasteiger partial charge in [-0.1, -0.05) is 12.1 Å². The first-order chi connectivity index (χ1) is 8.56. The largest absolute Gasteiger partial charge is 0.331 e. The topological polar surface area (TPSA) is 44.0 Å². The molecule has 1 aromatic carbocycles. The summed E-state index contributed by atoms with van der Waals surface area (Å²) in [5.41, 5.74) is 0.0550. The Balaban J connectivity index is 2.75. The van der Waals surface area contributed by atoms with Crippen molar-refractivity contribution in [2.24, 2.45) is 7.05 Å². The summed E-state index contributed by atoms with van der Waals surface area (Å²) in [5, 5.41) is 0.416. The zero-order chi connectivity index (χ0) is 13.3. The lowest BCUT2D eigenvalue weighted by atomic mass is 10.2. The first-order valence-corrected chi connectivity index (χ1v) is 6.68. The summed E-state index contributed by atoms with van der Waals surface area (Å²) in [6.07, 6.45) is 0. The van der Waals surface area contributed by atoms with Gasteiger partial charge in [0.1, 0.15) is 0 Å². The van der Waals surface area contributed by atoms with Crippen LogP contribution in [0.4, 0.5) is 0 Å². The standard InChI is InChI=1S/C12H14N2O2S2/c1-13-10-5-3-2-4-9(10)11(15)14(12(13)16)6-8(18)7-17/h2-5,8,17-18H,6-7H2,1H3/t8-/m1/s1. The summed E-state index contributed by atoms with van der Waals surface area (Å²) < 4.78 is 2.70. The highest BCUT2D eigenvalue weighted by atomic mass is 32.1. The highest BCUT2D eigenvalue weighted by Gasteiger charge is 2.12. The summed E-state index contributed by atoms with van der Waals surface area (Å²) in [4.78, 5) is 24.4. The fourth-order valence-corrected chi connectivity index (χ4v) is 2.17. The third-order valence-electron chi connectivity index (χ3n) is 2.86. The third-order valence-corrected chi connectivity index (χ3v) is 3.94. The monoisotopic (exact) mass is 282 g/mol. The van der Waals surface area contributed by atoms with Crippen molar-refractivity contribution >= 4 is 36.2 Å². The molecule has 0 N–H and O–H groups in total. The van der Waals surface area contributed by atoms with Crippen molar-refractivity contribution in [2.75, 3.05) is 5.75 Å². The molecule has 0 aliphatic carbocycles. The van der Waals surface area contributed by atoms with Crippen molar-refractivity contribution in [3.63, 3.8) is 0 Å². The zero-order valence-corrected chi connectivity index (χ0v) is 11.7. The van der Waals surface area contributed by atoms with Crippen molar-refractivity contribution in [1.29, 1.82) is 0 Å². The van der Waals surface area contributed by atoms with Gasteiger partial charge in [0.05, 0.1) is 10.9 Å². The number of benzene rings is 1.